The topological polar surface area (TPSA) is 136 Å². The molecule has 2 aliphatic heterocycles. The van der Waals surface area contributed by atoms with Crippen molar-refractivity contribution in [1.82, 2.24) is 15.1 Å². The lowest BCUT2D eigenvalue weighted by atomic mass is 10.1. The van der Waals surface area contributed by atoms with Crippen molar-refractivity contribution < 1.29 is 29.0 Å². The first kappa shape index (κ1) is 26.1. The average Bonchev–Trinajstić information content (AvgIpc) is 3.27. The van der Waals surface area contributed by atoms with Gasteiger partial charge in [-0.2, -0.15) is 0 Å². The second kappa shape index (κ2) is 12.3. The van der Waals surface area contributed by atoms with Crippen LogP contribution in [0.4, 0.5) is 15.3 Å². The van der Waals surface area contributed by atoms with Crippen molar-refractivity contribution in [2.45, 2.75) is 19.1 Å². The highest BCUT2D eigenvalue weighted by molar-refractivity contribution is 6.04. The Bertz CT molecular complexity index is 1100. The normalized spacial score (nSPS) is 18.3. The monoisotopic (exact) mass is 509 g/mol. The van der Waals surface area contributed by atoms with Crippen LogP contribution in [0.1, 0.15) is 17.5 Å². The number of aliphatic carboxylic acids is 1. The van der Waals surface area contributed by atoms with E-state index in [1.54, 1.807) is 29.2 Å². The molecular weight excluding hydrogens is 478 g/mol. The molecule has 2 aromatic rings. The summed E-state index contributed by atoms with van der Waals surface area (Å²) in [5.41, 5.74) is 1.97. The van der Waals surface area contributed by atoms with E-state index in [4.69, 9.17) is 20.0 Å². The minimum absolute atomic E-state index is 0.103. The molecule has 2 heterocycles. The minimum Gasteiger partial charge on any atom is -0.481 e. The number of hydrogen-bond donors (Lipinski definition) is 3. The molecule has 37 heavy (non-hydrogen) atoms. The standard InChI is InChI=1S/C26H31N5O6/c27-24(28-25(34)36-18-19-4-2-1-3-5-19)20-6-8-21(9-7-20)31-17-22(37-26(31)35)16-30-14-12-29(13-15-30)11-10-23(32)33/h1-9,22H,10-18H2,(H,32,33)(H2,27,28,34). The largest absolute Gasteiger partial charge is 0.481 e. The van der Waals surface area contributed by atoms with Gasteiger partial charge in [-0.05, 0) is 29.8 Å². The summed E-state index contributed by atoms with van der Waals surface area (Å²) in [5, 5.41) is 19.4. The summed E-state index contributed by atoms with van der Waals surface area (Å²) in [6.45, 7) is 4.87. The van der Waals surface area contributed by atoms with E-state index in [1.165, 1.54) is 0 Å². The molecule has 196 valence electrons. The summed E-state index contributed by atoms with van der Waals surface area (Å²) in [6.07, 6.45) is -1.26. The van der Waals surface area contributed by atoms with Crippen molar-refractivity contribution in [2.24, 2.45) is 0 Å². The van der Waals surface area contributed by atoms with E-state index in [1.807, 2.05) is 30.3 Å². The van der Waals surface area contributed by atoms with Crippen LogP contribution in [0.3, 0.4) is 0 Å². The molecule has 4 rings (SSSR count). The molecule has 0 spiro atoms. The van der Waals surface area contributed by atoms with E-state index in [9.17, 15) is 14.4 Å². The predicted octanol–water partition coefficient (Wildman–Crippen LogP) is 2.36. The molecule has 2 amide bonds. The maximum absolute atomic E-state index is 12.5. The molecule has 0 bridgehead atoms. The van der Waals surface area contributed by atoms with Gasteiger partial charge in [0.05, 0.1) is 13.0 Å². The van der Waals surface area contributed by atoms with E-state index >= 15 is 0 Å². The summed E-state index contributed by atoms with van der Waals surface area (Å²) in [7, 11) is 0. The van der Waals surface area contributed by atoms with Gasteiger partial charge in [0.1, 0.15) is 18.5 Å². The van der Waals surface area contributed by atoms with Gasteiger partial charge >= 0.3 is 18.2 Å². The van der Waals surface area contributed by atoms with Crippen LogP contribution in [0, 0.1) is 5.41 Å². The lowest BCUT2D eigenvalue weighted by molar-refractivity contribution is -0.137. The Morgan fingerprint density at radius 3 is 2.38 bits per heavy atom. The number of amidine groups is 1. The van der Waals surface area contributed by atoms with E-state index in [0.717, 1.165) is 31.7 Å². The third kappa shape index (κ3) is 7.51. The van der Waals surface area contributed by atoms with Crippen LogP contribution in [0.25, 0.3) is 0 Å². The fourth-order valence-electron chi connectivity index (χ4n) is 4.31. The molecule has 0 saturated carbocycles. The zero-order chi connectivity index (χ0) is 26.2. The molecule has 0 aromatic heterocycles. The zero-order valence-corrected chi connectivity index (χ0v) is 20.5. The van der Waals surface area contributed by atoms with Gasteiger partial charge in [-0.1, -0.05) is 30.3 Å². The quantitative estimate of drug-likeness (QED) is 0.346. The Morgan fingerprint density at radius 1 is 1.03 bits per heavy atom. The summed E-state index contributed by atoms with van der Waals surface area (Å²) in [4.78, 5) is 41.2. The van der Waals surface area contributed by atoms with Gasteiger partial charge in [0.2, 0.25) is 0 Å². The Kier molecular flexibility index (Phi) is 8.70. The molecule has 1 unspecified atom stereocenters. The molecule has 11 heteroatoms. The van der Waals surface area contributed by atoms with Crippen LogP contribution in [-0.4, -0.2) is 90.8 Å². The maximum Gasteiger partial charge on any atom is 0.414 e. The Hall–Kier alpha value is -3.96. The van der Waals surface area contributed by atoms with Crippen LogP contribution >= 0.6 is 0 Å². The maximum atomic E-state index is 12.5. The number of hydrogen-bond acceptors (Lipinski definition) is 8. The number of carboxylic acids is 1. The summed E-state index contributed by atoms with van der Waals surface area (Å²) >= 11 is 0. The van der Waals surface area contributed by atoms with Gasteiger partial charge < -0.3 is 19.5 Å². The summed E-state index contributed by atoms with van der Waals surface area (Å²) in [6, 6.07) is 16.0. The SMILES string of the molecule is N=C(NC(=O)OCc1ccccc1)c1ccc(N2CC(CN3CCN(CCC(=O)O)CC3)OC2=O)cc1. The average molecular weight is 510 g/mol. The van der Waals surface area contributed by atoms with Crippen molar-refractivity contribution in [3.63, 3.8) is 0 Å². The van der Waals surface area contributed by atoms with E-state index in [0.29, 0.717) is 30.9 Å². The van der Waals surface area contributed by atoms with Crippen molar-refractivity contribution >= 4 is 29.7 Å². The molecule has 2 aliphatic rings. The van der Waals surface area contributed by atoms with Crippen molar-refractivity contribution in [1.29, 1.82) is 5.41 Å². The van der Waals surface area contributed by atoms with E-state index in [-0.39, 0.29) is 25.0 Å². The number of nitrogens with one attached hydrogen (secondary N) is 2. The molecule has 1 atom stereocenters. The van der Waals surface area contributed by atoms with Crippen LogP contribution in [0.15, 0.2) is 54.6 Å². The van der Waals surface area contributed by atoms with Gasteiger partial charge in [-0.3, -0.25) is 25.3 Å². The van der Waals surface area contributed by atoms with Crippen LogP contribution < -0.4 is 10.2 Å². The number of anilines is 1. The van der Waals surface area contributed by atoms with Gasteiger partial charge in [0, 0.05) is 50.5 Å². The lowest BCUT2D eigenvalue weighted by Gasteiger charge is -2.35. The number of piperazine rings is 1. The Balaban J connectivity index is 1.22. The van der Waals surface area contributed by atoms with Gasteiger partial charge in [-0.25, -0.2) is 9.59 Å². The minimum atomic E-state index is -0.789. The van der Waals surface area contributed by atoms with Crippen molar-refractivity contribution in [3.05, 3.63) is 65.7 Å². The molecular formula is C26H31N5O6. The predicted molar refractivity (Wildman–Crippen MR) is 136 cm³/mol. The fourth-order valence-corrected chi connectivity index (χ4v) is 4.31. The summed E-state index contributed by atoms with van der Waals surface area (Å²) in [5.74, 6) is -0.892. The number of carbonyl (C=O) groups excluding carboxylic acids is 2. The van der Waals surface area contributed by atoms with Gasteiger partial charge in [0.15, 0.2) is 0 Å². The highest BCUT2D eigenvalue weighted by atomic mass is 16.6. The number of ether oxygens (including phenoxy) is 2. The third-order valence-electron chi connectivity index (χ3n) is 6.35. The molecule has 2 fully saturated rings. The number of rotatable bonds is 9. The summed E-state index contributed by atoms with van der Waals surface area (Å²) < 4.78 is 10.7. The number of benzene rings is 2. The molecule has 2 saturated heterocycles. The van der Waals surface area contributed by atoms with Gasteiger partial charge in [0.25, 0.3) is 0 Å². The Morgan fingerprint density at radius 2 is 1.70 bits per heavy atom. The van der Waals surface area contributed by atoms with Crippen LogP contribution in [0.5, 0.6) is 0 Å². The molecule has 0 aliphatic carbocycles. The number of alkyl carbamates (subject to hydrolysis) is 1. The molecule has 0 radical (unpaired) electrons. The highest BCUT2D eigenvalue weighted by Crippen LogP contribution is 2.23. The van der Waals surface area contributed by atoms with Crippen molar-refractivity contribution in [2.75, 3.05) is 50.7 Å². The Labute approximate surface area is 215 Å². The van der Waals surface area contributed by atoms with Crippen molar-refractivity contribution in [3.8, 4) is 0 Å². The van der Waals surface area contributed by atoms with Crippen LogP contribution in [-0.2, 0) is 20.9 Å². The second-order valence-electron chi connectivity index (χ2n) is 9.01. The first-order chi connectivity index (χ1) is 17.9. The molecule has 3 N–H and O–H groups in total. The number of amides is 2. The molecule has 11 nitrogen and oxygen atoms in total. The molecule has 2 aromatic carbocycles. The number of carbonyl (C=O) groups is 3. The van der Waals surface area contributed by atoms with E-state index < -0.39 is 18.2 Å². The van der Waals surface area contributed by atoms with E-state index in [2.05, 4.69) is 15.1 Å². The van der Waals surface area contributed by atoms with Gasteiger partial charge in [-0.15, -0.1) is 0 Å². The second-order valence-corrected chi connectivity index (χ2v) is 9.01. The zero-order valence-electron chi connectivity index (χ0n) is 20.5. The first-order valence-electron chi connectivity index (χ1n) is 12.2. The number of cyclic esters (lactones) is 1. The fraction of sp³-hybridized carbons (Fsp3) is 0.385. The third-order valence-corrected chi connectivity index (χ3v) is 6.35. The van der Waals surface area contributed by atoms with Crippen LogP contribution in [0.2, 0.25) is 0 Å². The number of carboxylic acid groups (broad SMARTS) is 1. The number of nitrogens with zero attached hydrogens (tertiary/aromatic N) is 3. The highest BCUT2D eigenvalue weighted by Gasteiger charge is 2.34. The smallest absolute Gasteiger partial charge is 0.414 e. The first-order valence-corrected chi connectivity index (χ1v) is 12.2. The lowest BCUT2D eigenvalue weighted by Crippen LogP contribution is -2.49.